The molecular formula is C106H168N2O10. The molecule has 0 radical (unpaired) electrons. The third kappa shape index (κ3) is 50.4. The maximum absolute atomic E-state index is 14.2. The summed E-state index contributed by atoms with van der Waals surface area (Å²) in [7, 11) is 0. The van der Waals surface area contributed by atoms with Gasteiger partial charge in [0, 0.05) is 24.6 Å². The first-order valence-electron chi connectivity index (χ1n) is 49.2. The number of rotatable bonds is 80. The monoisotopic (exact) mass is 1630 g/mol. The van der Waals surface area contributed by atoms with Crippen LogP contribution in [0.25, 0.3) is 0 Å². The number of hydrogen-bond donors (Lipinski definition) is 0. The minimum Gasteiger partial charge on any atom is -0.490 e. The summed E-state index contributed by atoms with van der Waals surface area (Å²) in [5.74, 6) is 3.18. The number of ether oxygens (including phenoxy) is 8. The van der Waals surface area contributed by atoms with Crippen molar-refractivity contribution >= 4 is 35.7 Å². The Morgan fingerprint density at radius 3 is 0.703 bits per heavy atom. The van der Waals surface area contributed by atoms with E-state index in [1.807, 2.05) is 73.1 Å². The van der Waals surface area contributed by atoms with Crippen LogP contribution >= 0.6 is 0 Å². The molecule has 0 unspecified atom stereocenters. The Balaban J connectivity index is 1.23. The van der Waals surface area contributed by atoms with Crippen molar-refractivity contribution in [3.05, 3.63) is 119 Å². The van der Waals surface area contributed by atoms with Crippen LogP contribution in [0.15, 0.2) is 107 Å². The van der Waals surface area contributed by atoms with Gasteiger partial charge in [-0.3, -0.25) is 9.98 Å². The average molecular weight is 1630 g/mol. The summed E-state index contributed by atoms with van der Waals surface area (Å²) in [6.07, 6.45) is 78.2. The van der Waals surface area contributed by atoms with E-state index < -0.39 is 11.9 Å². The lowest BCUT2D eigenvalue weighted by atomic mass is 10.1. The summed E-state index contributed by atoms with van der Waals surface area (Å²) >= 11 is 0. The molecule has 0 atom stereocenters. The molecule has 5 aromatic carbocycles. The summed E-state index contributed by atoms with van der Waals surface area (Å²) < 4.78 is 52.0. The van der Waals surface area contributed by atoms with Gasteiger partial charge in [-0.15, -0.1) is 0 Å². The van der Waals surface area contributed by atoms with E-state index in [1.54, 1.807) is 36.4 Å². The Bertz CT molecular complexity index is 3180. The van der Waals surface area contributed by atoms with Gasteiger partial charge < -0.3 is 37.9 Å². The van der Waals surface area contributed by atoms with Gasteiger partial charge in [-0.1, -0.05) is 413 Å². The largest absolute Gasteiger partial charge is 0.490 e. The second-order valence-corrected chi connectivity index (χ2v) is 33.7. The van der Waals surface area contributed by atoms with E-state index in [4.69, 9.17) is 47.9 Å². The molecule has 0 N–H and O–H groups in total. The van der Waals surface area contributed by atoms with Crippen molar-refractivity contribution in [3.63, 3.8) is 0 Å². The summed E-state index contributed by atoms with van der Waals surface area (Å²) in [6, 6.07) is 29.6. The fourth-order valence-corrected chi connectivity index (χ4v) is 15.2. The van der Waals surface area contributed by atoms with Gasteiger partial charge >= 0.3 is 11.9 Å². The fraction of sp³-hybridized carbons (Fsp3) is 0.679. The number of unbranched alkanes of at least 4 members (excludes halogenated alkanes) is 54. The number of nitrogens with zero attached hydrogens (tertiary/aromatic N) is 2. The topological polar surface area (TPSA) is 133 Å². The van der Waals surface area contributed by atoms with Gasteiger partial charge in [0.1, 0.15) is 11.5 Å². The van der Waals surface area contributed by atoms with E-state index in [1.165, 1.54) is 308 Å². The predicted molar refractivity (Wildman–Crippen MR) is 501 cm³/mol. The van der Waals surface area contributed by atoms with Gasteiger partial charge in [-0.25, -0.2) is 9.59 Å². The third-order valence-corrected chi connectivity index (χ3v) is 22.8. The summed E-state index contributed by atoms with van der Waals surface area (Å²) in [5, 5.41) is 0. The molecule has 0 spiro atoms. The van der Waals surface area contributed by atoms with Crippen LogP contribution in [0.1, 0.15) is 459 Å². The maximum atomic E-state index is 14.2. The van der Waals surface area contributed by atoms with E-state index >= 15 is 0 Å². The van der Waals surface area contributed by atoms with Crippen molar-refractivity contribution in [2.24, 2.45) is 9.98 Å². The number of benzene rings is 5. The quantitative estimate of drug-likeness (QED) is 0.0160. The third-order valence-electron chi connectivity index (χ3n) is 22.8. The molecule has 5 aromatic rings. The van der Waals surface area contributed by atoms with E-state index in [-0.39, 0.29) is 0 Å². The molecule has 0 aromatic heterocycles. The van der Waals surface area contributed by atoms with Gasteiger partial charge in [0.2, 0.25) is 11.5 Å². The molecule has 662 valence electrons. The molecule has 12 heteroatoms. The molecule has 0 aliphatic rings. The van der Waals surface area contributed by atoms with Crippen LogP contribution in [0.3, 0.4) is 0 Å². The molecule has 0 heterocycles. The van der Waals surface area contributed by atoms with Crippen molar-refractivity contribution in [2.45, 2.75) is 427 Å². The summed E-state index contributed by atoms with van der Waals surface area (Å²) in [6.45, 7) is 16.9. The van der Waals surface area contributed by atoms with Gasteiger partial charge in [0.25, 0.3) is 0 Å². The number of carbonyl (C=O) groups excluding carboxylic acids is 2. The van der Waals surface area contributed by atoms with Crippen molar-refractivity contribution in [1.82, 2.24) is 0 Å². The summed E-state index contributed by atoms with van der Waals surface area (Å²) in [4.78, 5) is 37.8. The Labute approximate surface area is 720 Å². The zero-order chi connectivity index (χ0) is 83.7. The van der Waals surface area contributed by atoms with Crippen LogP contribution < -0.4 is 37.9 Å². The lowest BCUT2D eigenvalue weighted by molar-refractivity contribution is 0.0724. The van der Waals surface area contributed by atoms with Crippen molar-refractivity contribution in [2.75, 3.05) is 39.6 Å². The van der Waals surface area contributed by atoms with Crippen LogP contribution in [0.4, 0.5) is 11.4 Å². The van der Waals surface area contributed by atoms with Gasteiger partial charge in [0.15, 0.2) is 23.0 Å². The molecule has 118 heavy (non-hydrogen) atoms. The number of esters is 2. The van der Waals surface area contributed by atoms with Crippen LogP contribution in [-0.2, 0) is 0 Å². The summed E-state index contributed by atoms with van der Waals surface area (Å²) in [5.41, 5.74) is 4.00. The number of carbonyl (C=O) groups is 2. The second kappa shape index (κ2) is 71.9. The maximum Gasteiger partial charge on any atom is 0.343 e. The highest BCUT2D eigenvalue weighted by Gasteiger charge is 2.23. The Kier molecular flexibility index (Phi) is 62.0. The smallest absolute Gasteiger partial charge is 0.343 e. The second-order valence-electron chi connectivity index (χ2n) is 33.7. The standard InChI is InChI=1S/C106H168N2O10/c1-7-13-19-25-31-37-43-49-55-61-79-111-99-85-94(86-100(112-80-62-56-50-44-38-32-26-20-14-8-2)103(99)115-83-65-59-53-47-41-35-29-23-17-11-5)106(110)117-97-77-75-96(76-78-97)108-90-92-69-67-91(68-70-92)89-107-95-73-71-93(72-74-95)105(109)118-98-87-101(113-81-63-57-51-45-39-33-27-21-15-9-3)104(116-84-66-60-54-48-42-36-30-24-18-12-6)102(88-98)114-82-64-58-52-46-40-34-28-22-16-10-4/h67-78,85-90H,7-66,79-84H2,1-6H3. The highest BCUT2D eigenvalue weighted by molar-refractivity contribution is 5.93. The first-order valence-corrected chi connectivity index (χ1v) is 49.2. The van der Waals surface area contributed by atoms with Crippen molar-refractivity contribution in [3.8, 4) is 46.0 Å². The lowest BCUT2D eigenvalue weighted by Crippen LogP contribution is -2.12. The van der Waals surface area contributed by atoms with Crippen molar-refractivity contribution < 1.29 is 47.5 Å². The van der Waals surface area contributed by atoms with Gasteiger partial charge in [-0.2, -0.15) is 0 Å². The van der Waals surface area contributed by atoms with Gasteiger partial charge in [0.05, 0.1) is 62.1 Å². The van der Waals surface area contributed by atoms with E-state index in [0.29, 0.717) is 108 Å². The molecule has 0 aliphatic heterocycles. The molecule has 0 amide bonds. The molecule has 0 bridgehead atoms. The van der Waals surface area contributed by atoms with Gasteiger partial charge in [-0.05, 0) is 110 Å². The fourth-order valence-electron chi connectivity index (χ4n) is 15.2. The SMILES string of the molecule is CCCCCCCCCCCCOc1cc(OC(=O)c2ccc(N=Cc3ccc(C=Nc4ccc(OC(=O)c5cc(OCCCCCCCCCCCC)c(OCCCCCCCCCCCC)c(OCCCCCCCCCCCC)c5)cc4)cc3)cc2)cc(OCCCCCCCCCCCC)c1OCCCCCCCCCCCC. The van der Waals surface area contributed by atoms with Crippen LogP contribution in [-0.4, -0.2) is 64.0 Å². The number of aliphatic imine (C=N–C) groups is 2. The molecule has 5 rings (SSSR count). The van der Waals surface area contributed by atoms with E-state index in [9.17, 15) is 9.59 Å². The molecule has 0 saturated carbocycles. The number of hydrogen-bond acceptors (Lipinski definition) is 12. The first kappa shape index (κ1) is 102. The molecule has 0 saturated heterocycles. The minimum absolute atomic E-state index is 0.357. The van der Waals surface area contributed by atoms with E-state index in [2.05, 4.69) is 41.5 Å². The van der Waals surface area contributed by atoms with E-state index in [0.717, 1.165) is 88.2 Å². The molecular weight excluding hydrogens is 1460 g/mol. The first-order chi connectivity index (χ1) is 58.3. The Morgan fingerprint density at radius 1 is 0.229 bits per heavy atom. The van der Waals surface area contributed by atoms with Crippen LogP contribution in [0, 0.1) is 0 Å². The average Bonchev–Trinajstić information content (AvgIpc) is 0.818. The Hall–Kier alpha value is -6.82. The zero-order valence-electron chi connectivity index (χ0n) is 76.0. The molecule has 0 fully saturated rings. The highest BCUT2D eigenvalue weighted by atomic mass is 16.6. The molecule has 0 aliphatic carbocycles. The highest BCUT2D eigenvalue weighted by Crippen LogP contribution is 2.44. The van der Waals surface area contributed by atoms with Crippen LogP contribution in [0.5, 0.6) is 46.0 Å². The van der Waals surface area contributed by atoms with Crippen molar-refractivity contribution in [1.29, 1.82) is 0 Å². The van der Waals surface area contributed by atoms with Crippen LogP contribution in [0.2, 0.25) is 0 Å². The predicted octanol–water partition coefficient (Wildman–Crippen LogP) is 33.4. The normalized spacial score (nSPS) is 11.5. The lowest BCUT2D eigenvalue weighted by Gasteiger charge is -2.19. The Morgan fingerprint density at radius 2 is 0.441 bits per heavy atom. The molecule has 12 nitrogen and oxygen atoms in total. The zero-order valence-corrected chi connectivity index (χ0v) is 76.0. The minimum atomic E-state index is -0.493.